The number of thiazole rings is 1. The van der Waals surface area contributed by atoms with Crippen molar-refractivity contribution in [3.8, 4) is 0 Å². The summed E-state index contributed by atoms with van der Waals surface area (Å²) < 4.78 is 27.5. The third kappa shape index (κ3) is 2.48. The quantitative estimate of drug-likeness (QED) is 0.819. The molecule has 92 valence electrons. The maximum atomic E-state index is 11.6. The standard InChI is InChI=1S/C9H12N4O2S2/c1-13(2)17(14,15)12-9-11-7-4-3-6(10)5-8(7)16-9/h3-5H,10H2,1-2H3,(H,11,12). The normalized spacial score (nSPS) is 12.2. The second-order valence-corrected chi connectivity index (χ2v) is 6.55. The van der Waals surface area contributed by atoms with Crippen molar-refractivity contribution in [1.29, 1.82) is 0 Å². The van der Waals surface area contributed by atoms with Crippen LogP contribution >= 0.6 is 11.3 Å². The molecule has 17 heavy (non-hydrogen) atoms. The minimum atomic E-state index is -3.51. The fourth-order valence-corrected chi connectivity index (χ4v) is 2.88. The van der Waals surface area contributed by atoms with E-state index in [0.717, 1.165) is 14.5 Å². The van der Waals surface area contributed by atoms with E-state index < -0.39 is 10.2 Å². The molecule has 0 radical (unpaired) electrons. The van der Waals surface area contributed by atoms with E-state index in [0.29, 0.717) is 10.8 Å². The Hall–Kier alpha value is -1.38. The molecule has 1 aromatic heterocycles. The van der Waals surface area contributed by atoms with Gasteiger partial charge in [0.05, 0.1) is 10.2 Å². The van der Waals surface area contributed by atoms with Crippen LogP contribution in [0.1, 0.15) is 0 Å². The summed E-state index contributed by atoms with van der Waals surface area (Å²) >= 11 is 1.25. The molecular formula is C9H12N4O2S2. The van der Waals surface area contributed by atoms with Crippen molar-refractivity contribution in [1.82, 2.24) is 9.29 Å². The molecule has 1 aromatic carbocycles. The van der Waals surface area contributed by atoms with Crippen LogP contribution < -0.4 is 10.5 Å². The molecule has 0 amide bonds. The number of hydrogen-bond acceptors (Lipinski definition) is 5. The summed E-state index contributed by atoms with van der Waals surface area (Å²) in [5.74, 6) is 0. The molecule has 6 nitrogen and oxygen atoms in total. The van der Waals surface area contributed by atoms with Gasteiger partial charge in [-0.3, -0.25) is 0 Å². The predicted molar refractivity (Wildman–Crippen MR) is 70.3 cm³/mol. The predicted octanol–water partition coefficient (Wildman–Crippen LogP) is 1.10. The summed E-state index contributed by atoms with van der Waals surface area (Å²) in [6.45, 7) is 0. The van der Waals surface area contributed by atoms with Gasteiger partial charge < -0.3 is 5.73 Å². The van der Waals surface area contributed by atoms with Gasteiger partial charge in [-0.25, -0.2) is 9.71 Å². The van der Waals surface area contributed by atoms with Gasteiger partial charge in [-0.05, 0) is 18.2 Å². The first-order valence-corrected chi connectivity index (χ1v) is 7.00. The Bertz CT molecular complexity index is 648. The molecule has 0 saturated carbocycles. The van der Waals surface area contributed by atoms with Gasteiger partial charge in [-0.15, -0.1) is 0 Å². The minimum Gasteiger partial charge on any atom is -0.399 e. The fraction of sp³-hybridized carbons (Fsp3) is 0.222. The van der Waals surface area contributed by atoms with E-state index in [4.69, 9.17) is 5.73 Å². The van der Waals surface area contributed by atoms with Gasteiger partial charge in [-0.1, -0.05) is 11.3 Å². The zero-order valence-electron chi connectivity index (χ0n) is 9.34. The average molecular weight is 272 g/mol. The number of anilines is 2. The van der Waals surface area contributed by atoms with E-state index in [1.807, 2.05) is 0 Å². The number of nitrogen functional groups attached to an aromatic ring is 1. The first-order valence-electron chi connectivity index (χ1n) is 4.75. The van der Waals surface area contributed by atoms with Gasteiger partial charge in [0.25, 0.3) is 0 Å². The molecule has 0 aliphatic heterocycles. The molecule has 8 heteroatoms. The molecule has 0 spiro atoms. The molecule has 3 N–H and O–H groups in total. The third-order valence-electron chi connectivity index (χ3n) is 2.11. The van der Waals surface area contributed by atoms with Crippen LogP contribution in [0, 0.1) is 0 Å². The summed E-state index contributed by atoms with van der Waals surface area (Å²) in [6, 6.07) is 5.25. The highest BCUT2D eigenvalue weighted by Gasteiger charge is 2.15. The van der Waals surface area contributed by atoms with Crippen molar-refractivity contribution in [2.45, 2.75) is 0 Å². The van der Waals surface area contributed by atoms with Gasteiger partial charge >= 0.3 is 10.2 Å². The minimum absolute atomic E-state index is 0.333. The lowest BCUT2D eigenvalue weighted by Crippen LogP contribution is -2.28. The monoisotopic (exact) mass is 272 g/mol. The maximum Gasteiger partial charge on any atom is 0.302 e. The second kappa shape index (κ2) is 4.13. The number of benzene rings is 1. The first kappa shape index (κ1) is 12.1. The summed E-state index contributed by atoms with van der Waals surface area (Å²) in [4.78, 5) is 4.17. The molecule has 0 unspecified atom stereocenters. The Balaban J connectivity index is 2.38. The molecular weight excluding hydrogens is 260 g/mol. The van der Waals surface area contributed by atoms with E-state index in [2.05, 4.69) is 9.71 Å². The van der Waals surface area contributed by atoms with Gasteiger partial charge in [0.2, 0.25) is 0 Å². The topological polar surface area (TPSA) is 88.3 Å². The maximum absolute atomic E-state index is 11.6. The molecule has 0 bridgehead atoms. The lowest BCUT2D eigenvalue weighted by atomic mass is 10.3. The van der Waals surface area contributed by atoms with Crippen molar-refractivity contribution in [3.63, 3.8) is 0 Å². The SMILES string of the molecule is CN(C)S(=O)(=O)Nc1nc2ccc(N)cc2s1. The molecule has 2 aromatic rings. The van der Waals surface area contributed by atoms with Gasteiger partial charge in [0.15, 0.2) is 5.13 Å². The van der Waals surface area contributed by atoms with Crippen LogP contribution in [0.25, 0.3) is 10.2 Å². The second-order valence-electron chi connectivity index (χ2n) is 3.64. The molecule has 0 aliphatic carbocycles. The highest BCUT2D eigenvalue weighted by Crippen LogP contribution is 2.28. The van der Waals surface area contributed by atoms with Crippen LogP contribution in [0.5, 0.6) is 0 Å². The molecule has 2 rings (SSSR count). The van der Waals surface area contributed by atoms with Gasteiger partial charge in [0, 0.05) is 19.8 Å². The van der Waals surface area contributed by atoms with Crippen molar-refractivity contribution < 1.29 is 8.42 Å². The molecule has 0 saturated heterocycles. The molecule has 0 fully saturated rings. The Morgan fingerprint density at radius 1 is 1.41 bits per heavy atom. The van der Waals surface area contributed by atoms with Crippen molar-refractivity contribution in [3.05, 3.63) is 18.2 Å². The highest BCUT2D eigenvalue weighted by molar-refractivity contribution is 7.90. The third-order valence-corrected chi connectivity index (χ3v) is 4.59. The fourth-order valence-electron chi connectivity index (χ4n) is 1.19. The number of fused-ring (bicyclic) bond motifs is 1. The van der Waals surface area contributed by atoms with Gasteiger partial charge in [0.1, 0.15) is 0 Å². The zero-order chi connectivity index (χ0) is 12.6. The summed E-state index contributed by atoms with van der Waals surface area (Å²) in [5, 5.41) is 0.333. The number of hydrogen-bond donors (Lipinski definition) is 2. The van der Waals surface area contributed by atoms with E-state index in [9.17, 15) is 8.42 Å². The Morgan fingerprint density at radius 2 is 2.12 bits per heavy atom. The van der Waals surface area contributed by atoms with Gasteiger partial charge in [-0.2, -0.15) is 12.7 Å². The molecule has 0 atom stereocenters. The number of aromatic nitrogens is 1. The molecule has 1 heterocycles. The average Bonchev–Trinajstić information content (AvgIpc) is 2.57. The Morgan fingerprint density at radius 3 is 2.76 bits per heavy atom. The van der Waals surface area contributed by atoms with Crippen LogP contribution in [-0.4, -0.2) is 31.8 Å². The van der Waals surface area contributed by atoms with E-state index in [1.54, 1.807) is 18.2 Å². The summed E-state index contributed by atoms with van der Waals surface area (Å²) in [6.07, 6.45) is 0. The largest absolute Gasteiger partial charge is 0.399 e. The van der Waals surface area contributed by atoms with Crippen LogP contribution in [0.15, 0.2) is 18.2 Å². The van der Waals surface area contributed by atoms with Crippen LogP contribution in [0.2, 0.25) is 0 Å². The number of nitrogens with zero attached hydrogens (tertiary/aromatic N) is 2. The van der Waals surface area contributed by atoms with E-state index in [-0.39, 0.29) is 0 Å². The Labute approximate surface area is 103 Å². The Kier molecular flexibility index (Phi) is 2.94. The molecule has 0 aliphatic rings. The summed E-state index contributed by atoms with van der Waals surface area (Å²) in [5.41, 5.74) is 6.99. The van der Waals surface area contributed by atoms with Crippen LogP contribution in [0.3, 0.4) is 0 Å². The van der Waals surface area contributed by atoms with E-state index in [1.165, 1.54) is 25.4 Å². The van der Waals surface area contributed by atoms with E-state index >= 15 is 0 Å². The lowest BCUT2D eigenvalue weighted by molar-refractivity contribution is 0.527. The smallest absolute Gasteiger partial charge is 0.302 e. The summed E-state index contributed by atoms with van der Waals surface area (Å²) in [7, 11) is -0.605. The zero-order valence-corrected chi connectivity index (χ0v) is 11.0. The van der Waals surface area contributed by atoms with Crippen molar-refractivity contribution in [2.24, 2.45) is 0 Å². The van der Waals surface area contributed by atoms with Crippen LogP contribution in [-0.2, 0) is 10.2 Å². The number of nitrogens with two attached hydrogens (primary N) is 1. The van der Waals surface area contributed by atoms with Crippen molar-refractivity contribution >= 4 is 42.6 Å². The highest BCUT2D eigenvalue weighted by atomic mass is 32.2. The first-order chi connectivity index (χ1) is 7.88. The lowest BCUT2D eigenvalue weighted by Gasteiger charge is -2.10. The number of nitrogens with one attached hydrogen (secondary N) is 1. The van der Waals surface area contributed by atoms with Crippen molar-refractivity contribution in [2.75, 3.05) is 24.6 Å². The number of rotatable bonds is 3. The van der Waals surface area contributed by atoms with Crippen LogP contribution in [0.4, 0.5) is 10.8 Å².